The van der Waals surface area contributed by atoms with Crippen LogP contribution in [-0.4, -0.2) is 73.2 Å². The summed E-state index contributed by atoms with van der Waals surface area (Å²) in [7, 11) is 1.69. The minimum absolute atomic E-state index is 0. The monoisotopic (exact) mass is 353 g/mol. The summed E-state index contributed by atoms with van der Waals surface area (Å²) in [4.78, 5) is 17.7. The van der Waals surface area contributed by atoms with Gasteiger partial charge in [0.25, 0.3) is 5.91 Å². The number of hydrogen-bond acceptors (Lipinski definition) is 4. The number of fused-ring (bicyclic) bond motifs is 1. The SMILES string of the molecule is COC1(C(=O)N2CC3CCCN3CC2C)CCNCC1.Cl.Cl. The molecule has 0 saturated carbocycles. The van der Waals surface area contributed by atoms with Crippen molar-refractivity contribution in [3.8, 4) is 0 Å². The van der Waals surface area contributed by atoms with Crippen molar-refractivity contribution in [3.05, 3.63) is 0 Å². The van der Waals surface area contributed by atoms with Gasteiger partial charge in [-0.3, -0.25) is 9.69 Å². The van der Waals surface area contributed by atoms with E-state index >= 15 is 0 Å². The van der Waals surface area contributed by atoms with Crippen molar-refractivity contribution >= 4 is 30.7 Å². The molecule has 0 aromatic heterocycles. The second-order valence-electron chi connectivity index (χ2n) is 6.55. The zero-order valence-electron chi connectivity index (χ0n) is 13.5. The number of carbonyl (C=O) groups excluding carboxylic acids is 1. The Hall–Kier alpha value is -0.0700. The molecular weight excluding hydrogens is 325 g/mol. The number of nitrogens with one attached hydrogen (secondary N) is 1. The highest BCUT2D eigenvalue weighted by Gasteiger charge is 2.46. The fourth-order valence-electron chi connectivity index (χ4n) is 4.07. The summed E-state index contributed by atoms with van der Waals surface area (Å²) in [6.45, 7) is 7.04. The number of carbonyl (C=O) groups is 1. The lowest BCUT2D eigenvalue weighted by Crippen LogP contribution is -2.63. The highest BCUT2D eigenvalue weighted by atomic mass is 35.5. The molecule has 2 unspecified atom stereocenters. The van der Waals surface area contributed by atoms with Crippen LogP contribution < -0.4 is 5.32 Å². The number of nitrogens with zero attached hydrogens (tertiary/aromatic N) is 2. The Bertz CT molecular complexity index is 378. The van der Waals surface area contributed by atoms with Gasteiger partial charge >= 0.3 is 0 Å². The van der Waals surface area contributed by atoms with Crippen molar-refractivity contribution in [1.82, 2.24) is 15.1 Å². The van der Waals surface area contributed by atoms with Crippen LogP contribution in [0.2, 0.25) is 0 Å². The van der Waals surface area contributed by atoms with E-state index in [0.29, 0.717) is 12.1 Å². The summed E-state index contributed by atoms with van der Waals surface area (Å²) in [5.41, 5.74) is -0.583. The Labute approximate surface area is 145 Å². The molecule has 0 radical (unpaired) electrons. The molecule has 0 aromatic rings. The fraction of sp³-hybridized carbons (Fsp3) is 0.933. The summed E-state index contributed by atoms with van der Waals surface area (Å²) in [6, 6.07) is 0.879. The average Bonchev–Trinajstić information content (AvgIpc) is 2.93. The van der Waals surface area contributed by atoms with E-state index in [4.69, 9.17) is 4.74 Å². The minimum Gasteiger partial charge on any atom is -0.368 e. The Morgan fingerprint density at radius 2 is 1.91 bits per heavy atom. The summed E-state index contributed by atoms with van der Waals surface area (Å²) < 4.78 is 5.71. The Morgan fingerprint density at radius 1 is 1.23 bits per heavy atom. The molecule has 3 rings (SSSR count). The molecule has 5 nitrogen and oxygen atoms in total. The van der Waals surface area contributed by atoms with Gasteiger partial charge < -0.3 is 15.0 Å². The molecule has 3 heterocycles. The molecule has 0 spiro atoms. The second kappa shape index (κ2) is 8.15. The predicted octanol–water partition coefficient (Wildman–Crippen LogP) is 1.29. The van der Waals surface area contributed by atoms with Gasteiger partial charge in [0.2, 0.25) is 0 Å². The number of hydrogen-bond donors (Lipinski definition) is 1. The van der Waals surface area contributed by atoms with Crippen molar-refractivity contribution in [2.45, 2.75) is 50.3 Å². The highest BCUT2D eigenvalue weighted by molar-refractivity contribution is 5.86. The molecule has 3 aliphatic heterocycles. The Kier molecular flexibility index (Phi) is 7.40. The molecule has 1 amide bonds. The lowest BCUT2D eigenvalue weighted by molar-refractivity contribution is -0.164. The van der Waals surface area contributed by atoms with Crippen LogP contribution in [-0.2, 0) is 9.53 Å². The van der Waals surface area contributed by atoms with E-state index in [1.54, 1.807) is 7.11 Å². The summed E-state index contributed by atoms with van der Waals surface area (Å²) in [6.07, 6.45) is 4.09. The molecule has 3 saturated heterocycles. The first kappa shape index (κ1) is 20.0. The lowest BCUT2D eigenvalue weighted by Gasteiger charge is -2.46. The zero-order valence-corrected chi connectivity index (χ0v) is 15.2. The van der Waals surface area contributed by atoms with E-state index in [9.17, 15) is 4.79 Å². The van der Waals surface area contributed by atoms with Gasteiger partial charge in [0.05, 0.1) is 0 Å². The van der Waals surface area contributed by atoms with Crippen LogP contribution in [0, 0.1) is 0 Å². The largest absolute Gasteiger partial charge is 0.368 e. The van der Waals surface area contributed by atoms with Crippen molar-refractivity contribution in [2.75, 3.05) is 39.8 Å². The van der Waals surface area contributed by atoms with E-state index in [2.05, 4.69) is 22.0 Å². The van der Waals surface area contributed by atoms with E-state index in [1.807, 2.05) is 0 Å². The van der Waals surface area contributed by atoms with E-state index in [1.165, 1.54) is 19.4 Å². The van der Waals surface area contributed by atoms with E-state index in [-0.39, 0.29) is 30.7 Å². The van der Waals surface area contributed by atoms with Crippen molar-refractivity contribution in [3.63, 3.8) is 0 Å². The number of piperazine rings is 1. The minimum atomic E-state index is -0.583. The van der Waals surface area contributed by atoms with Gasteiger partial charge in [-0.1, -0.05) is 0 Å². The van der Waals surface area contributed by atoms with Gasteiger partial charge in [-0.25, -0.2) is 0 Å². The smallest absolute Gasteiger partial charge is 0.255 e. The van der Waals surface area contributed by atoms with Gasteiger partial charge in [-0.2, -0.15) is 0 Å². The molecule has 2 atom stereocenters. The van der Waals surface area contributed by atoms with Crippen LogP contribution >= 0.6 is 24.8 Å². The van der Waals surface area contributed by atoms with Crippen LogP contribution in [0.4, 0.5) is 0 Å². The normalized spacial score (nSPS) is 30.9. The molecule has 0 aromatic carbocycles. The lowest BCUT2D eigenvalue weighted by atomic mass is 9.89. The maximum absolute atomic E-state index is 13.1. The Morgan fingerprint density at radius 3 is 2.55 bits per heavy atom. The third-order valence-electron chi connectivity index (χ3n) is 5.39. The van der Waals surface area contributed by atoms with Gasteiger partial charge in [0.1, 0.15) is 5.60 Å². The molecule has 22 heavy (non-hydrogen) atoms. The molecule has 0 bridgehead atoms. The average molecular weight is 354 g/mol. The number of ether oxygens (including phenoxy) is 1. The van der Waals surface area contributed by atoms with Crippen LogP contribution in [0.25, 0.3) is 0 Å². The van der Waals surface area contributed by atoms with Gasteiger partial charge in [0, 0.05) is 32.3 Å². The van der Waals surface area contributed by atoms with E-state index < -0.39 is 5.60 Å². The maximum Gasteiger partial charge on any atom is 0.255 e. The van der Waals surface area contributed by atoms with Gasteiger partial charge in [-0.15, -0.1) is 24.8 Å². The first-order valence-electron chi connectivity index (χ1n) is 7.97. The van der Waals surface area contributed by atoms with Gasteiger partial charge in [0.15, 0.2) is 0 Å². The molecule has 7 heteroatoms. The quantitative estimate of drug-likeness (QED) is 0.812. The molecule has 130 valence electrons. The number of halogens is 2. The zero-order chi connectivity index (χ0) is 14.2. The molecule has 1 N–H and O–H groups in total. The standard InChI is InChI=1S/C15H27N3O2.2ClH/c1-12-10-17-9-3-4-13(17)11-18(12)14(19)15(20-2)5-7-16-8-6-15;;/h12-13,16H,3-11H2,1-2H3;2*1H. The number of methoxy groups -OCH3 is 1. The van der Waals surface area contributed by atoms with Gasteiger partial charge in [-0.05, 0) is 52.2 Å². The highest BCUT2D eigenvalue weighted by Crippen LogP contribution is 2.30. The number of piperidine rings is 1. The fourth-order valence-corrected chi connectivity index (χ4v) is 4.07. The van der Waals surface area contributed by atoms with Crippen LogP contribution in [0.3, 0.4) is 0 Å². The topological polar surface area (TPSA) is 44.8 Å². The summed E-state index contributed by atoms with van der Waals surface area (Å²) in [5, 5.41) is 3.32. The third-order valence-corrected chi connectivity index (χ3v) is 5.39. The second-order valence-corrected chi connectivity index (χ2v) is 6.55. The third kappa shape index (κ3) is 3.54. The summed E-state index contributed by atoms with van der Waals surface area (Å²) in [5.74, 6) is 0.223. The number of rotatable bonds is 2. The molecular formula is C15H29Cl2N3O2. The van der Waals surface area contributed by atoms with Crippen molar-refractivity contribution in [1.29, 1.82) is 0 Å². The van der Waals surface area contributed by atoms with E-state index in [0.717, 1.165) is 39.0 Å². The van der Waals surface area contributed by atoms with Crippen LogP contribution in [0.1, 0.15) is 32.6 Å². The van der Waals surface area contributed by atoms with Crippen LogP contribution in [0.15, 0.2) is 0 Å². The Balaban J connectivity index is 0.00000121. The number of amides is 1. The van der Waals surface area contributed by atoms with Crippen molar-refractivity contribution in [2.24, 2.45) is 0 Å². The first-order chi connectivity index (χ1) is 9.66. The molecule has 3 fully saturated rings. The predicted molar refractivity (Wildman–Crippen MR) is 92.1 cm³/mol. The maximum atomic E-state index is 13.1. The van der Waals surface area contributed by atoms with Crippen molar-refractivity contribution < 1.29 is 9.53 Å². The molecule has 0 aliphatic carbocycles. The first-order valence-corrected chi connectivity index (χ1v) is 7.97. The van der Waals surface area contributed by atoms with Crippen LogP contribution in [0.5, 0.6) is 0 Å². The summed E-state index contributed by atoms with van der Waals surface area (Å²) >= 11 is 0. The molecule has 3 aliphatic rings.